The normalized spacial score (nSPS) is 17.7. The van der Waals surface area contributed by atoms with Crippen LogP contribution in [0.15, 0.2) is 99.6 Å². The van der Waals surface area contributed by atoms with Gasteiger partial charge in [0.2, 0.25) is 15.9 Å². The lowest BCUT2D eigenvalue weighted by atomic mass is 10.2. The highest BCUT2D eigenvalue weighted by molar-refractivity contribution is 8.35. The Balaban J connectivity index is 1.81. The summed E-state index contributed by atoms with van der Waals surface area (Å²) < 4.78 is 26.4. The van der Waals surface area contributed by atoms with Crippen LogP contribution in [-0.4, -0.2) is 37.9 Å². The third-order valence-corrected chi connectivity index (χ3v) is 13.2. The van der Waals surface area contributed by atoms with Gasteiger partial charge >= 0.3 is 0 Å². The van der Waals surface area contributed by atoms with E-state index in [0.29, 0.717) is 6.54 Å². The van der Waals surface area contributed by atoms with E-state index in [4.69, 9.17) is 0 Å². The molecule has 1 fully saturated rings. The first-order valence-corrected chi connectivity index (χ1v) is 14.6. The molecule has 1 aliphatic heterocycles. The van der Waals surface area contributed by atoms with Crippen molar-refractivity contribution in [3.8, 4) is 0 Å². The van der Waals surface area contributed by atoms with Gasteiger partial charge in [0.05, 0.1) is 10.1 Å². The maximum absolute atomic E-state index is 14.1. The third-order valence-electron chi connectivity index (χ3n) is 6.51. The second-order valence-electron chi connectivity index (χ2n) is 9.37. The van der Waals surface area contributed by atoms with Crippen LogP contribution in [0.4, 0.5) is 5.69 Å². The molecule has 3 aromatic rings. The summed E-state index contributed by atoms with van der Waals surface area (Å²) in [5.41, 5.74) is 0.728. The van der Waals surface area contributed by atoms with Crippen LogP contribution in [0.3, 0.4) is 0 Å². The summed E-state index contributed by atoms with van der Waals surface area (Å²) >= 11 is 0. The molecular formula is C27H32N2O3S2. The molecule has 1 atom stereocenters. The van der Waals surface area contributed by atoms with Gasteiger partial charge in [-0.2, -0.15) is 10.0 Å². The van der Waals surface area contributed by atoms with Gasteiger partial charge in [0.15, 0.2) is 0 Å². The summed E-state index contributed by atoms with van der Waals surface area (Å²) in [6.07, 6.45) is 0.742. The number of rotatable bonds is 6. The first-order valence-electron chi connectivity index (χ1n) is 11.4. The Morgan fingerprint density at radius 3 is 1.74 bits per heavy atom. The van der Waals surface area contributed by atoms with Crippen LogP contribution in [0.1, 0.15) is 27.2 Å². The van der Waals surface area contributed by atoms with Gasteiger partial charge in [-0.15, -0.1) is 0 Å². The van der Waals surface area contributed by atoms with Gasteiger partial charge < -0.3 is 4.90 Å². The molecule has 0 unspecified atom stereocenters. The molecule has 0 spiro atoms. The average Bonchev–Trinajstić information content (AvgIpc) is 3.21. The number of sulfonamides is 1. The van der Waals surface area contributed by atoms with Gasteiger partial charge in [0.1, 0.15) is 0 Å². The highest BCUT2D eigenvalue weighted by Crippen LogP contribution is 2.74. The van der Waals surface area contributed by atoms with Crippen molar-refractivity contribution < 1.29 is 13.2 Å². The number of hydrogen-bond donors (Lipinski definition) is 1. The fourth-order valence-electron chi connectivity index (χ4n) is 5.03. The molecule has 0 radical (unpaired) electrons. The zero-order chi connectivity index (χ0) is 24.6. The standard InChI is InChI=1S/C27H32N2O3S2/c1-27(2,3)33(22-11-7-5-8-12-22,23-13-9-6-10-14-23)25-19-20-29(26(25)30)21-15-17-24(18-16-21)34(31,32)28-4/h5-18,25,28H,19-20H2,1-4H3/t25-/m0/s1. The lowest BCUT2D eigenvalue weighted by molar-refractivity contribution is -0.116. The maximum atomic E-state index is 14.1. The van der Waals surface area contributed by atoms with E-state index >= 15 is 0 Å². The first-order chi connectivity index (χ1) is 16.1. The minimum Gasteiger partial charge on any atom is -0.311 e. The summed E-state index contributed by atoms with van der Waals surface area (Å²) in [5.74, 6) is 0.0989. The van der Waals surface area contributed by atoms with Gasteiger partial charge in [-0.05, 0) is 71.8 Å². The number of nitrogens with zero attached hydrogens (tertiary/aromatic N) is 1. The van der Waals surface area contributed by atoms with E-state index in [2.05, 4.69) is 74.0 Å². The Hall–Kier alpha value is -2.61. The van der Waals surface area contributed by atoms with Crippen molar-refractivity contribution >= 4 is 31.6 Å². The van der Waals surface area contributed by atoms with Crippen molar-refractivity contribution in [3.63, 3.8) is 0 Å². The third kappa shape index (κ3) is 4.06. The second kappa shape index (κ2) is 9.21. The second-order valence-corrected chi connectivity index (χ2v) is 15.3. The molecule has 0 bridgehead atoms. The predicted octanol–water partition coefficient (Wildman–Crippen LogP) is 5.42. The van der Waals surface area contributed by atoms with Gasteiger partial charge in [-0.1, -0.05) is 57.2 Å². The smallest absolute Gasteiger partial charge is 0.240 e. The van der Waals surface area contributed by atoms with Crippen LogP contribution in [-0.2, 0) is 14.8 Å². The molecule has 180 valence electrons. The molecule has 0 saturated carbocycles. The quantitative estimate of drug-likeness (QED) is 0.495. The Morgan fingerprint density at radius 2 is 1.29 bits per heavy atom. The van der Waals surface area contributed by atoms with Crippen LogP contribution in [0.25, 0.3) is 0 Å². The summed E-state index contributed by atoms with van der Waals surface area (Å²) in [4.78, 5) is 18.5. The number of carbonyl (C=O) groups excluding carboxylic acids is 1. The minimum absolute atomic E-state index is 0.0989. The average molecular weight is 497 g/mol. The number of nitrogens with one attached hydrogen (secondary N) is 1. The van der Waals surface area contributed by atoms with Gasteiger partial charge in [0, 0.05) is 17.0 Å². The molecular weight excluding hydrogens is 464 g/mol. The fraction of sp³-hybridized carbons (Fsp3) is 0.296. The highest BCUT2D eigenvalue weighted by Gasteiger charge is 2.52. The van der Waals surface area contributed by atoms with E-state index in [0.717, 1.165) is 12.1 Å². The summed E-state index contributed by atoms with van der Waals surface area (Å²) in [6.45, 7) is 7.34. The molecule has 0 aromatic heterocycles. The molecule has 7 heteroatoms. The SMILES string of the molecule is CNS(=O)(=O)c1ccc(N2CC[C@H](S(c3ccccc3)(c3ccccc3)C(C)(C)C)C2=O)cc1. The highest BCUT2D eigenvalue weighted by atomic mass is 32.3. The van der Waals surface area contributed by atoms with Crippen molar-refractivity contribution in [1.29, 1.82) is 0 Å². The van der Waals surface area contributed by atoms with Crippen LogP contribution in [0.5, 0.6) is 0 Å². The number of amides is 1. The molecule has 3 aromatic carbocycles. The van der Waals surface area contributed by atoms with E-state index < -0.39 is 20.1 Å². The summed E-state index contributed by atoms with van der Waals surface area (Å²) in [7, 11) is -3.91. The monoisotopic (exact) mass is 496 g/mol. The van der Waals surface area contributed by atoms with E-state index in [9.17, 15) is 13.2 Å². The Labute approximate surface area is 204 Å². The topological polar surface area (TPSA) is 66.5 Å². The maximum Gasteiger partial charge on any atom is 0.240 e. The Kier molecular flexibility index (Phi) is 6.64. The van der Waals surface area contributed by atoms with Crippen molar-refractivity contribution in [2.45, 2.75) is 51.9 Å². The number of hydrogen-bond acceptors (Lipinski definition) is 3. The number of anilines is 1. The summed E-state index contributed by atoms with van der Waals surface area (Å²) in [5, 5.41) is -0.182. The predicted molar refractivity (Wildman–Crippen MR) is 140 cm³/mol. The number of benzene rings is 3. The van der Waals surface area contributed by atoms with E-state index in [1.807, 2.05) is 17.0 Å². The van der Waals surface area contributed by atoms with E-state index in [1.165, 1.54) is 16.8 Å². The van der Waals surface area contributed by atoms with Crippen LogP contribution in [0.2, 0.25) is 0 Å². The van der Waals surface area contributed by atoms with Gasteiger partial charge in [-0.25, -0.2) is 13.1 Å². The lowest BCUT2D eigenvalue weighted by Crippen LogP contribution is -2.39. The molecule has 4 rings (SSSR count). The van der Waals surface area contributed by atoms with Crippen molar-refractivity contribution in [1.82, 2.24) is 4.72 Å². The molecule has 1 saturated heterocycles. The Morgan fingerprint density at radius 1 is 0.794 bits per heavy atom. The zero-order valence-electron chi connectivity index (χ0n) is 20.1. The molecule has 1 amide bonds. The molecule has 5 nitrogen and oxygen atoms in total. The Bertz CT molecular complexity index is 1210. The molecule has 0 aliphatic carbocycles. The van der Waals surface area contributed by atoms with Crippen molar-refractivity contribution in [3.05, 3.63) is 84.9 Å². The van der Waals surface area contributed by atoms with Gasteiger partial charge in [-0.3, -0.25) is 4.79 Å². The molecule has 1 aliphatic rings. The van der Waals surface area contributed by atoms with Crippen molar-refractivity contribution in [2.75, 3.05) is 18.5 Å². The van der Waals surface area contributed by atoms with Crippen LogP contribution < -0.4 is 9.62 Å². The lowest BCUT2D eigenvalue weighted by Gasteiger charge is -2.54. The van der Waals surface area contributed by atoms with Crippen LogP contribution in [0, 0.1) is 0 Å². The number of carbonyl (C=O) groups is 1. The summed E-state index contributed by atoms with van der Waals surface area (Å²) in [6, 6.07) is 27.5. The van der Waals surface area contributed by atoms with Crippen LogP contribution >= 0.6 is 10.0 Å². The van der Waals surface area contributed by atoms with Crippen molar-refractivity contribution in [2.24, 2.45) is 0 Å². The fourth-order valence-corrected chi connectivity index (χ4v) is 11.0. The largest absolute Gasteiger partial charge is 0.311 e. The molecule has 1 heterocycles. The minimum atomic E-state index is -3.53. The van der Waals surface area contributed by atoms with Gasteiger partial charge in [0.25, 0.3) is 0 Å². The molecule has 34 heavy (non-hydrogen) atoms. The molecule has 1 N–H and O–H groups in total. The van der Waals surface area contributed by atoms with E-state index in [1.54, 1.807) is 24.3 Å². The first kappa shape index (κ1) is 24.5. The zero-order valence-corrected chi connectivity index (χ0v) is 21.7. The van der Waals surface area contributed by atoms with E-state index in [-0.39, 0.29) is 20.8 Å².